The Bertz CT molecular complexity index is 769. The van der Waals surface area contributed by atoms with Crippen LogP contribution in [-0.2, 0) is 6.54 Å². The molecule has 0 radical (unpaired) electrons. The minimum Gasteiger partial charge on any atom is -0.332 e. The van der Waals surface area contributed by atoms with Gasteiger partial charge in [0.25, 0.3) is 0 Å². The van der Waals surface area contributed by atoms with E-state index < -0.39 is 0 Å². The molecule has 3 heterocycles. The van der Waals surface area contributed by atoms with Crippen LogP contribution in [0.1, 0.15) is 10.6 Å². The van der Waals surface area contributed by atoms with Gasteiger partial charge in [0, 0.05) is 34.4 Å². The van der Waals surface area contributed by atoms with E-state index in [9.17, 15) is 4.79 Å². The quantitative estimate of drug-likeness (QED) is 0.769. The van der Waals surface area contributed by atoms with Crippen LogP contribution in [0.5, 0.6) is 0 Å². The van der Waals surface area contributed by atoms with Crippen molar-refractivity contribution in [3.05, 3.63) is 46.0 Å². The largest absolute Gasteiger partial charge is 0.332 e. The molecule has 0 bridgehead atoms. The van der Waals surface area contributed by atoms with Crippen LogP contribution in [0.25, 0.3) is 11.3 Å². The van der Waals surface area contributed by atoms with Gasteiger partial charge in [-0.1, -0.05) is 0 Å². The molecule has 3 aromatic heterocycles. The summed E-state index contributed by atoms with van der Waals surface area (Å²) < 4.78 is 0. The summed E-state index contributed by atoms with van der Waals surface area (Å²) in [6.45, 7) is 2.24. The average molecular weight is 331 g/mol. The molecule has 0 saturated heterocycles. The SMILES string of the molecule is Cc1cnc(NC(=O)NCc2nccnc2-c2ccsc2)s1. The Morgan fingerprint density at radius 1 is 1.27 bits per heavy atom. The molecular formula is C14H13N5OS2. The number of aryl methyl sites for hydroxylation is 1. The van der Waals surface area contributed by atoms with Gasteiger partial charge in [0.15, 0.2) is 5.13 Å². The summed E-state index contributed by atoms with van der Waals surface area (Å²) in [6, 6.07) is 1.67. The summed E-state index contributed by atoms with van der Waals surface area (Å²) in [7, 11) is 0. The first-order valence-corrected chi connectivity index (χ1v) is 8.28. The van der Waals surface area contributed by atoms with Gasteiger partial charge < -0.3 is 5.32 Å². The average Bonchev–Trinajstić information content (AvgIpc) is 3.17. The van der Waals surface area contributed by atoms with Crippen LogP contribution >= 0.6 is 22.7 Å². The first-order valence-electron chi connectivity index (χ1n) is 6.52. The Labute approximate surface area is 135 Å². The number of carbonyl (C=O) groups is 1. The summed E-state index contributed by atoms with van der Waals surface area (Å²) in [5.74, 6) is 0. The smallest absolute Gasteiger partial charge is 0.321 e. The van der Waals surface area contributed by atoms with E-state index in [0.717, 1.165) is 21.8 Å². The van der Waals surface area contributed by atoms with Gasteiger partial charge in [0.2, 0.25) is 0 Å². The molecule has 0 atom stereocenters. The van der Waals surface area contributed by atoms with Crippen molar-refractivity contribution in [2.45, 2.75) is 13.5 Å². The molecule has 0 aromatic carbocycles. The number of thiophene rings is 1. The van der Waals surface area contributed by atoms with Gasteiger partial charge in [-0.3, -0.25) is 15.3 Å². The van der Waals surface area contributed by atoms with E-state index in [1.807, 2.05) is 23.8 Å². The molecule has 0 saturated carbocycles. The highest BCUT2D eigenvalue weighted by molar-refractivity contribution is 7.15. The maximum Gasteiger partial charge on any atom is 0.321 e. The lowest BCUT2D eigenvalue weighted by molar-refractivity contribution is 0.251. The molecular weight excluding hydrogens is 318 g/mol. The Kier molecular flexibility index (Phi) is 4.40. The normalized spacial score (nSPS) is 10.4. The minimum absolute atomic E-state index is 0.301. The van der Waals surface area contributed by atoms with Gasteiger partial charge in [0.1, 0.15) is 0 Å². The predicted molar refractivity (Wildman–Crippen MR) is 88.1 cm³/mol. The summed E-state index contributed by atoms with van der Waals surface area (Å²) in [5.41, 5.74) is 2.52. The van der Waals surface area contributed by atoms with Crippen LogP contribution in [-0.4, -0.2) is 21.0 Å². The van der Waals surface area contributed by atoms with Crippen LogP contribution in [0.4, 0.5) is 9.93 Å². The third kappa shape index (κ3) is 3.46. The Hall–Kier alpha value is -2.32. The van der Waals surface area contributed by atoms with Crippen LogP contribution in [0, 0.1) is 6.92 Å². The van der Waals surface area contributed by atoms with E-state index >= 15 is 0 Å². The van der Waals surface area contributed by atoms with Crippen LogP contribution in [0.2, 0.25) is 0 Å². The van der Waals surface area contributed by atoms with Gasteiger partial charge in [-0.15, -0.1) is 11.3 Å². The molecule has 2 N–H and O–H groups in total. The number of anilines is 1. The van der Waals surface area contributed by atoms with Crippen molar-refractivity contribution in [1.29, 1.82) is 0 Å². The van der Waals surface area contributed by atoms with Gasteiger partial charge in [-0.05, 0) is 18.4 Å². The number of hydrogen-bond donors (Lipinski definition) is 2. The van der Waals surface area contributed by atoms with Gasteiger partial charge in [0.05, 0.1) is 17.9 Å². The minimum atomic E-state index is -0.309. The molecule has 0 spiro atoms. The monoisotopic (exact) mass is 331 g/mol. The van der Waals surface area contributed by atoms with Crippen molar-refractivity contribution in [3.63, 3.8) is 0 Å². The maximum atomic E-state index is 11.9. The fourth-order valence-corrected chi connectivity index (χ4v) is 3.15. The highest BCUT2D eigenvalue weighted by Crippen LogP contribution is 2.22. The van der Waals surface area contributed by atoms with Crippen molar-refractivity contribution in [2.75, 3.05) is 5.32 Å². The van der Waals surface area contributed by atoms with E-state index in [4.69, 9.17) is 0 Å². The van der Waals surface area contributed by atoms with Gasteiger partial charge in [-0.2, -0.15) is 11.3 Å². The summed E-state index contributed by atoms with van der Waals surface area (Å²) >= 11 is 3.03. The first kappa shape index (κ1) is 14.6. The van der Waals surface area contributed by atoms with Crippen molar-refractivity contribution < 1.29 is 4.79 Å². The number of aromatic nitrogens is 3. The van der Waals surface area contributed by atoms with Crippen molar-refractivity contribution in [1.82, 2.24) is 20.3 Å². The molecule has 0 aliphatic heterocycles. The lowest BCUT2D eigenvalue weighted by Gasteiger charge is -2.08. The predicted octanol–water partition coefficient (Wildman–Crippen LogP) is 3.29. The summed E-state index contributed by atoms with van der Waals surface area (Å²) in [6.07, 6.45) is 4.99. The number of nitrogens with one attached hydrogen (secondary N) is 2. The number of carbonyl (C=O) groups excluding carboxylic acids is 1. The fraction of sp³-hybridized carbons (Fsp3) is 0.143. The van der Waals surface area contributed by atoms with Gasteiger partial charge in [-0.25, -0.2) is 9.78 Å². The molecule has 0 aliphatic carbocycles. The zero-order chi connectivity index (χ0) is 15.4. The molecule has 0 fully saturated rings. The van der Waals surface area contributed by atoms with Crippen molar-refractivity contribution in [2.24, 2.45) is 0 Å². The fourth-order valence-electron chi connectivity index (χ4n) is 1.85. The molecule has 2 amide bonds. The van der Waals surface area contributed by atoms with E-state index in [1.54, 1.807) is 29.9 Å². The Morgan fingerprint density at radius 3 is 2.86 bits per heavy atom. The highest BCUT2D eigenvalue weighted by Gasteiger charge is 2.10. The number of thiazole rings is 1. The second kappa shape index (κ2) is 6.63. The lowest BCUT2D eigenvalue weighted by Crippen LogP contribution is -2.28. The summed E-state index contributed by atoms with van der Waals surface area (Å²) in [5, 5.41) is 10.0. The van der Waals surface area contributed by atoms with E-state index in [-0.39, 0.29) is 6.03 Å². The lowest BCUT2D eigenvalue weighted by atomic mass is 10.2. The Balaban J connectivity index is 1.65. The highest BCUT2D eigenvalue weighted by atomic mass is 32.1. The van der Waals surface area contributed by atoms with Gasteiger partial charge >= 0.3 is 6.03 Å². The third-order valence-electron chi connectivity index (χ3n) is 2.83. The van der Waals surface area contributed by atoms with Crippen LogP contribution in [0.15, 0.2) is 35.4 Å². The Morgan fingerprint density at radius 2 is 2.14 bits per heavy atom. The number of hydrogen-bond acceptors (Lipinski definition) is 6. The molecule has 3 aromatic rings. The first-order chi connectivity index (χ1) is 10.7. The zero-order valence-corrected chi connectivity index (χ0v) is 13.4. The van der Waals surface area contributed by atoms with Crippen molar-refractivity contribution in [3.8, 4) is 11.3 Å². The van der Waals surface area contributed by atoms with E-state index in [1.165, 1.54) is 11.3 Å². The third-order valence-corrected chi connectivity index (χ3v) is 4.34. The number of nitrogens with zero attached hydrogens (tertiary/aromatic N) is 3. The molecule has 0 aliphatic rings. The molecule has 112 valence electrons. The van der Waals surface area contributed by atoms with E-state index in [2.05, 4.69) is 25.6 Å². The molecule has 3 rings (SSSR count). The second-order valence-corrected chi connectivity index (χ2v) is 6.46. The van der Waals surface area contributed by atoms with Crippen molar-refractivity contribution >= 4 is 33.8 Å². The number of rotatable bonds is 4. The maximum absolute atomic E-state index is 11.9. The second-order valence-electron chi connectivity index (χ2n) is 4.45. The summed E-state index contributed by atoms with van der Waals surface area (Å²) in [4.78, 5) is 25.7. The molecule has 0 unspecified atom stereocenters. The topological polar surface area (TPSA) is 79.8 Å². The molecule has 8 heteroatoms. The zero-order valence-electron chi connectivity index (χ0n) is 11.7. The van der Waals surface area contributed by atoms with Crippen LogP contribution in [0.3, 0.4) is 0 Å². The standard InChI is InChI=1S/C14H13N5OS2/c1-9-6-18-14(22-9)19-13(20)17-7-11-12(16-4-3-15-11)10-2-5-21-8-10/h2-6,8H,7H2,1H3,(H2,17,18,19,20). The number of urea groups is 1. The molecule has 6 nitrogen and oxygen atoms in total. The molecule has 22 heavy (non-hydrogen) atoms. The number of amides is 2. The van der Waals surface area contributed by atoms with Crippen LogP contribution < -0.4 is 10.6 Å². The van der Waals surface area contributed by atoms with E-state index in [0.29, 0.717) is 11.7 Å².